The molecule has 0 unspecified atom stereocenters. The molecule has 0 saturated heterocycles. The Kier molecular flexibility index (Phi) is 2.74. The summed E-state index contributed by atoms with van der Waals surface area (Å²) in [6.45, 7) is 0.861. The second kappa shape index (κ2) is 4.72. The van der Waals surface area contributed by atoms with Gasteiger partial charge in [0.2, 0.25) is 0 Å². The van der Waals surface area contributed by atoms with Gasteiger partial charge in [0.1, 0.15) is 5.65 Å². The third-order valence-electron chi connectivity index (χ3n) is 3.71. The number of rotatable bonds is 4. The summed E-state index contributed by atoms with van der Waals surface area (Å²) in [4.78, 5) is 12.0. The van der Waals surface area contributed by atoms with Crippen LogP contribution in [0.2, 0.25) is 0 Å². The van der Waals surface area contributed by atoms with Crippen molar-refractivity contribution < 1.29 is 0 Å². The van der Waals surface area contributed by atoms with Gasteiger partial charge in [0, 0.05) is 47.7 Å². The average molecular weight is 264 g/mol. The van der Waals surface area contributed by atoms with Crippen molar-refractivity contribution in [1.29, 1.82) is 0 Å². The summed E-state index contributed by atoms with van der Waals surface area (Å²) in [7, 11) is 0. The van der Waals surface area contributed by atoms with Gasteiger partial charge in [-0.1, -0.05) is 6.07 Å². The molecule has 4 nitrogen and oxygen atoms in total. The first-order valence-electron chi connectivity index (χ1n) is 7.00. The molecule has 3 heterocycles. The smallest absolute Gasteiger partial charge is 0.137 e. The topological polar surface area (TPSA) is 53.6 Å². The Hall–Kier alpha value is -2.20. The Bertz CT molecular complexity index is 726. The van der Waals surface area contributed by atoms with Crippen LogP contribution in [0.25, 0.3) is 22.2 Å². The molecule has 0 spiro atoms. The van der Waals surface area contributed by atoms with Crippen LogP contribution >= 0.6 is 0 Å². The van der Waals surface area contributed by atoms with Crippen LogP contribution in [0.5, 0.6) is 0 Å². The van der Waals surface area contributed by atoms with Crippen LogP contribution in [0.3, 0.4) is 0 Å². The summed E-state index contributed by atoms with van der Waals surface area (Å²) < 4.78 is 0. The minimum absolute atomic E-state index is 0.719. The normalized spacial score (nSPS) is 14.8. The number of pyridine rings is 2. The largest absolute Gasteiger partial charge is 0.346 e. The molecule has 0 atom stereocenters. The molecule has 20 heavy (non-hydrogen) atoms. The van der Waals surface area contributed by atoms with E-state index in [0.29, 0.717) is 0 Å². The third-order valence-corrected chi connectivity index (χ3v) is 3.71. The molecule has 0 radical (unpaired) electrons. The summed E-state index contributed by atoms with van der Waals surface area (Å²) in [5.74, 6) is 0. The van der Waals surface area contributed by atoms with Crippen molar-refractivity contribution in [2.24, 2.45) is 0 Å². The Balaban J connectivity index is 1.57. The van der Waals surface area contributed by atoms with Crippen molar-refractivity contribution in [2.45, 2.75) is 25.4 Å². The lowest BCUT2D eigenvalue weighted by Gasteiger charge is -2.05. The zero-order valence-electron chi connectivity index (χ0n) is 11.1. The van der Waals surface area contributed by atoms with Gasteiger partial charge < -0.3 is 10.3 Å². The molecule has 3 aromatic rings. The summed E-state index contributed by atoms with van der Waals surface area (Å²) >= 11 is 0. The van der Waals surface area contributed by atoms with E-state index in [1.165, 1.54) is 12.8 Å². The van der Waals surface area contributed by atoms with E-state index in [9.17, 15) is 0 Å². The second-order valence-corrected chi connectivity index (χ2v) is 5.33. The molecule has 0 aliphatic heterocycles. The average Bonchev–Trinajstić information content (AvgIpc) is 3.21. The standard InChI is InChI=1S/C16H16N4/c1-2-15(10-19-14-3-4-14)18-8-12(1)13-7-11-5-6-17-16(11)20-9-13/h1-2,5-9,14,19H,3-4,10H2,(H,17,20). The van der Waals surface area contributed by atoms with E-state index in [1.54, 1.807) is 0 Å². The molecular formula is C16H16N4. The Morgan fingerprint density at radius 1 is 1.10 bits per heavy atom. The van der Waals surface area contributed by atoms with E-state index >= 15 is 0 Å². The lowest BCUT2D eigenvalue weighted by Crippen LogP contribution is -2.15. The summed E-state index contributed by atoms with van der Waals surface area (Å²) in [5.41, 5.74) is 4.23. The highest BCUT2D eigenvalue weighted by molar-refractivity contribution is 5.81. The summed E-state index contributed by atoms with van der Waals surface area (Å²) in [5, 5.41) is 4.60. The quantitative estimate of drug-likeness (QED) is 0.762. The van der Waals surface area contributed by atoms with E-state index in [4.69, 9.17) is 0 Å². The van der Waals surface area contributed by atoms with E-state index in [1.807, 2.05) is 24.7 Å². The molecular weight excluding hydrogens is 248 g/mol. The molecule has 100 valence electrons. The van der Waals surface area contributed by atoms with E-state index in [-0.39, 0.29) is 0 Å². The maximum atomic E-state index is 4.52. The number of fused-ring (bicyclic) bond motifs is 1. The Morgan fingerprint density at radius 3 is 2.80 bits per heavy atom. The second-order valence-electron chi connectivity index (χ2n) is 5.33. The number of aromatic amines is 1. The predicted octanol–water partition coefficient (Wildman–Crippen LogP) is 2.88. The van der Waals surface area contributed by atoms with Crippen molar-refractivity contribution in [1.82, 2.24) is 20.3 Å². The SMILES string of the molecule is c1cc2cc(-c3ccc(CNC4CC4)nc3)cnc2[nH]1. The minimum atomic E-state index is 0.719. The van der Waals surface area contributed by atoms with Gasteiger partial charge >= 0.3 is 0 Å². The molecule has 0 bridgehead atoms. The third kappa shape index (κ3) is 2.30. The first-order valence-corrected chi connectivity index (χ1v) is 7.00. The molecule has 1 fully saturated rings. The van der Waals surface area contributed by atoms with Gasteiger partial charge in [0.15, 0.2) is 0 Å². The van der Waals surface area contributed by atoms with Gasteiger partial charge in [-0.15, -0.1) is 0 Å². The Morgan fingerprint density at radius 2 is 2.00 bits per heavy atom. The monoisotopic (exact) mass is 264 g/mol. The van der Waals surface area contributed by atoms with Crippen molar-refractivity contribution >= 4 is 11.0 Å². The van der Waals surface area contributed by atoms with Gasteiger partial charge in [-0.3, -0.25) is 4.98 Å². The molecule has 1 aliphatic carbocycles. The first-order chi connectivity index (χ1) is 9.88. The zero-order chi connectivity index (χ0) is 13.4. The molecule has 2 N–H and O–H groups in total. The van der Waals surface area contributed by atoms with Gasteiger partial charge in [-0.05, 0) is 31.0 Å². The maximum Gasteiger partial charge on any atom is 0.137 e. The number of H-pyrrole nitrogens is 1. The maximum absolute atomic E-state index is 4.52. The fourth-order valence-corrected chi connectivity index (χ4v) is 2.33. The van der Waals surface area contributed by atoms with Crippen LogP contribution in [0.4, 0.5) is 0 Å². The molecule has 3 aromatic heterocycles. The number of aromatic nitrogens is 3. The number of hydrogen-bond donors (Lipinski definition) is 2. The van der Waals surface area contributed by atoms with Gasteiger partial charge in [-0.25, -0.2) is 4.98 Å². The van der Waals surface area contributed by atoms with Crippen LogP contribution in [0.15, 0.2) is 42.9 Å². The molecule has 4 rings (SSSR count). The molecule has 1 saturated carbocycles. The van der Waals surface area contributed by atoms with Crippen LogP contribution in [-0.4, -0.2) is 21.0 Å². The summed E-state index contributed by atoms with van der Waals surface area (Å²) in [6, 6.07) is 9.10. The van der Waals surface area contributed by atoms with Gasteiger partial charge in [0.25, 0.3) is 0 Å². The van der Waals surface area contributed by atoms with Crippen LogP contribution in [0, 0.1) is 0 Å². The lowest BCUT2D eigenvalue weighted by atomic mass is 10.1. The fraction of sp³-hybridized carbons (Fsp3) is 0.250. The van der Waals surface area contributed by atoms with E-state index in [2.05, 4.69) is 38.5 Å². The highest BCUT2D eigenvalue weighted by atomic mass is 15.0. The van der Waals surface area contributed by atoms with Crippen molar-refractivity contribution in [3.8, 4) is 11.1 Å². The lowest BCUT2D eigenvalue weighted by molar-refractivity contribution is 0.674. The van der Waals surface area contributed by atoms with Crippen molar-refractivity contribution in [3.05, 3.63) is 48.5 Å². The molecule has 1 aliphatic rings. The molecule has 0 amide bonds. The molecule has 4 heteroatoms. The van der Waals surface area contributed by atoms with E-state index in [0.717, 1.165) is 40.4 Å². The minimum Gasteiger partial charge on any atom is -0.346 e. The van der Waals surface area contributed by atoms with Crippen LogP contribution in [0.1, 0.15) is 18.5 Å². The first kappa shape index (κ1) is 11.6. The van der Waals surface area contributed by atoms with Gasteiger partial charge in [-0.2, -0.15) is 0 Å². The van der Waals surface area contributed by atoms with Gasteiger partial charge in [0.05, 0.1) is 5.69 Å². The number of hydrogen-bond acceptors (Lipinski definition) is 3. The van der Waals surface area contributed by atoms with Crippen molar-refractivity contribution in [3.63, 3.8) is 0 Å². The summed E-state index contributed by atoms with van der Waals surface area (Å²) in [6.07, 6.45) is 8.34. The predicted molar refractivity (Wildman–Crippen MR) is 79.2 cm³/mol. The molecule has 0 aromatic carbocycles. The zero-order valence-corrected chi connectivity index (χ0v) is 11.1. The Labute approximate surface area is 117 Å². The highest BCUT2D eigenvalue weighted by Gasteiger charge is 2.20. The fourth-order valence-electron chi connectivity index (χ4n) is 2.33. The number of nitrogens with zero attached hydrogens (tertiary/aromatic N) is 2. The van der Waals surface area contributed by atoms with Crippen LogP contribution < -0.4 is 5.32 Å². The highest BCUT2D eigenvalue weighted by Crippen LogP contribution is 2.22. The van der Waals surface area contributed by atoms with Crippen LogP contribution in [-0.2, 0) is 6.54 Å². The van der Waals surface area contributed by atoms with E-state index < -0.39 is 0 Å². The van der Waals surface area contributed by atoms with Crippen molar-refractivity contribution in [2.75, 3.05) is 0 Å². The number of nitrogens with one attached hydrogen (secondary N) is 2.